The molecule has 2 amide bonds. The van der Waals surface area contributed by atoms with Crippen LogP contribution in [0.1, 0.15) is 26.7 Å². The second kappa shape index (κ2) is 8.22. The number of nitrogens with zero attached hydrogens (tertiary/aromatic N) is 4. The summed E-state index contributed by atoms with van der Waals surface area (Å²) < 4.78 is 12.6. The van der Waals surface area contributed by atoms with Crippen molar-refractivity contribution < 1.29 is 18.7 Å². The number of methoxy groups -OCH3 is 1. The lowest BCUT2D eigenvalue weighted by molar-refractivity contribution is 0.0517. The fraction of sp³-hybridized carbons (Fsp3) is 0.286. The van der Waals surface area contributed by atoms with Crippen LogP contribution in [0.5, 0.6) is 5.75 Å². The van der Waals surface area contributed by atoms with Gasteiger partial charge in [-0.05, 0) is 36.4 Å². The Morgan fingerprint density at radius 3 is 2.48 bits per heavy atom. The van der Waals surface area contributed by atoms with E-state index in [1.807, 2.05) is 12.3 Å². The van der Waals surface area contributed by atoms with Crippen molar-refractivity contribution in [2.24, 2.45) is 0 Å². The van der Waals surface area contributed by atoms with Gasteiger partial charge in [0.05, 0.1) is 13.7 Å². The van der Waals surface area contributed by atoms with Crippen molar-refractivity contribution in [2.45, 2.75) is 6.54 Å². The molecule has 1 aliphatic heterocycles. The third kappa shape index (κ3) is 4.16. The van der Waals surface area contributed by atoms with Crippen LogP contribution in [-0.2, 0) is 6.54 Å². The van der Waals surface area contributed by atoms with E-state index >= 15 is 0 Å². The highest BCUT2D eigenvalue weighted by Crippen LogP contribution is 2.17. The SMILES string of the molecule is COc1cccc(C(=O)N2CCN(C(=O)c3ccc(Cn4cccn4)o3)CC2)c1. The Hall–Kier alpha value is -3.55. The van der Waals surface area contributed by atoms with Gasteiger partial charge in [-0.15, -0.1) is 0 Å². The van der Waals surface area contributed by atoms with Crippen molar-refractivity contribution in [2.75, 3.05) is 33.3 Å². The van der Waals surface area contributed by atoms with Gasteiger partial charge < -0.3 is 19.0 Å². The Bertz CT molecular complexity index is 988. The minimum atomic E-state index is -0.162. The van der Waals surface area contributed by atoms with Gasteiger partial charge in [0, 0.05) is 44.1 Å². The van der Waals surface area contributed by atoms with E-state index in [4.69, 9.17) is 9.15 Å². The number of hydrogen-bond acceptors (Lipinski definition) is 5. The van der Waals surface area contributed by atoms with Crippen LogP contribution in [0.25, 0.3) is 0 Å². The first-order valence-corrected chi connectivity index (χ1v) is 9.43. The lowest BCUT2D eigenvalue weighted by atomic mass is 10.1. The molecule has 3 aromatic rings. The van der Waals surface area contributed by atoms with Gasteiger partial charge in [-0.25, -0.2) is 0 Å². The molecule has 150 valence electrons. The molecule has 4 rings (SSSR count). The van der Waals surface area contributed by atoms with Gasteiger partial charge >= 0.3 is 0 Å². The molecule has 1 aromatic carbocycles. The van der Waals surface area contributed by atoms with Crippen LogP contribution >= 0.6 is 0 Å². The number of ether oxygens (including phenoxy) is 1. The Kier molecular flexibility index (Phi) is 5.33. The van der Waals surface area contributed by atoms with Gasteiger partial charge in [0.1, 0.15) is 11.5 Å². The number of benzene rings is 1. The molecule has 1 aliphatic rings. The molecule has 8 nitrogen and oxygen atoms in total. The predicted molar refractivity (Wildman–Crippen MR) is 105 cm³/mol. The molecule has 0 spiro atoms. The van der Waals surface area contributed by atoms with E-state index in [1.165, 1.54) is 0 Å². The van der Waals surface area contributed by atoms with Crippen molar-refractivity contribution in [3.63, 3.8) is 0 Å². The number of aromatic nitrogens is 2. The maximum Gasteiger partial charge on any atom is 0.289 e. The van der Waals surface area contributed by atoms with Gasteiger partial charge in [-0.3, -0.25) is 14.3 Å². The van der Waals surface area contributed by atoms with E-state index in [0.717, 1.165) is 0 Å². The molecular formula is C21H22N4O4. The Morgan fingerprint density at radius 1 is 1.03 bits per heavy atom. The quantitative estimate of drug-likeness (QED) is 0.662. The van der Waals surface area contributed by atoms with Crippen molar-refractivity contribution in [3.05, 3.63) is 71.9 Å². The molecule has 8 heteroatoms. The van der Waals surface area contributed by atoms with E-state index in [0.29, 0.717) is 55.6 Å². The second-order valence-electron chi connectivity index (χ2n) is 6.79. The summed E-state index contributed by atoms with van der Waals surface area (Å²) in [7, 11) is 1.57. The van der Waals surface area contributed by atoms with Crippen molar-refractivity contribution in [1.82, 2.24) is 19.6 Å². The van der Waals surface area contributed by atoms with Gasteiger partial charge in [-0.1, -0.05) is 6.07 Å². The first-order chi connectivity index (χ1) is 14.1. The van der Waals surface area contributed by atoms with Crippen LogP contribution in [0, 0.1) is 0 Å². The summed E-state index contributed by atoms with van der Waals surface area (Å²) in [5.41, 5.74) is 0.582. The topological polar surface area (TPSA) is 80.8 Å². The van der Waals surface area contributed by atoms with E-state index in [2.05, 4.69) is 5.10 Å². The van der Waals surface area contributed by atoms with Crippen LogP contribution in [0.4, 0.5) is 0 Å². The molecule has 0 radical (unpaired) electrons. The highest BCUT2D eigenvalue weighted by Gasteiger charge is 2.27. The largest absolute Gasteiger partial charge is 0.497 e. The summed E-state index contributed by atoms with van der Waals surface area (Å²) in [6.45, 7) is 2.35. The highest BCUT2D eigenvalue weighted by molar-refractivity contribution is 5.95. The summed E-state index contributed by atoms with van der Waals surface area (Å²) in [5.74, 6) is 1.40. The number of carbonyl (C=O) groups is 2. The standard InChI is InChI=1S/C21H22N4O4/c1-28-17-5-2-4-16(14-17)20(26)23-10-12-24(13-11-23)21(27)19-7-6-18(29-19)15-25-9-3-8-22-25/h2-9,14H,10-13,15H2,1H3. The molecule has 29 heavy (non-hydrogen) atoms. The van der Waals surface area contributed by atoms with E-state index < -0.39 is 0 Å². The molecule has 2 aromatic heterocycles. The van der Waals surface area contributed by atoms with Crippen LogP contribution in [0.15, 0.2) is 59.3 Å². The van der Waals surface area contributed by atoms with E-state index in [1.54, 1.807) is 64.2 Å². The number of carbonyl (C=O) groups excluding carboxylic acids is 2. The minimum absolute atomic E-state index is 0.0597. The van der Waals surface area contributed by atoms with E-state index in [-0.39, 0.29) is 11.8 Å². The zero-order valence-electron chi connectivity index (χ0n) is 16.2. The number of piperazine rings is 1. The van der Waals surface area contributed by atoms with Crippen molar-refractivity contribution in [1.29, 1.82) is 0 Å². The van der Waals surface area contributed by atoms with Gasteiger partial charge in [0.2, 0.25) is 0 Å². The average Bonchev–Trinajstić information content (AvgIpc) is 3.45. The maximum atomic E-state index is 12.7. The molecule has 0 atom stereocenters. The molecular weight excluding hydrogens is 372 g/mol. The van der Waals surface area contributed by atoms with Gasteiger partial charge in [-0.2, -0.15) is 5.10 Å². The van der Waals surface area contributed by atoms with Crippen LogP contribution in [0.2, 0.25) is 0 Å². The fourth-order valence-corrected chi connectivity index (χ4v) is 3.34. The molecule has 0 saturated carbocycles. The smallest absolute Gasteiger partial charge is 0.289 e. The normalized spacial score (nSPS) is 14.1. The van der Waals surface area contributed by atoms with Crippen LogP contribution in [0.3, 0.4) is 0 Å². The molecule has 3 heterocycles. The molecule has 0 bridgehead atoms. The summed E-state index contributed by atoms with van der Waals surface area (Å²) >= 11 is 0. The number of furan rings is 1. The van der Waals surface area contributed by atoms with Crippen molar-refractivity contribution >= 4 is 11.8 Å². The molecule has 0 unspecified atom stereocenters. The summed E-state index contributed by atoms with van der Waals surface area (Å²) in [4.78, 5) is 28.9. The van der Waals surface area contributed by atoms with Gasteiger partial charge in [0.25, 0.3) is 11.8 Å². The number of amides is 2. The van der Waals surface area contributed by atoms with E-state index in [9.17, 15) is 9.59 Å². The lowest BCUT2D eigenvalue weighted by Gasteiger charge is -2.34. The maximum absolute atomic E-state index is 12.7. The first kappa shape index (κ1) is 18.8. The minimum Gasteiger partial charge on any atom is -0.497 e. The number of hydrogen-bond donors (Lipinski definition) is 0. The molecule has 1 fully saturated rings. The average molecular weight is 394 g/mol. The zero-order chi connectivity index (χ0) is 20.2. The summed E-state index contributed by atoms with van der Waals surface area (Å²) in [6, 6.07) is 12.4. The Labute approximate surface area is 168 Å². The molecule has 1 saturated heterocycles. The Morgan fingerprint density at radius 2 is 1.79 bits per heavy atom. The summed E-state index contributed by atoms with van der Waals surface area (Å²) in [6.07, 6.45) is 3.53. The second-order valence-corrected chi connectivity index (χ2v) is 6.79. The third-order valence-electron chi connectivity index (χ3n) is 4.92. The fourth-order valence-electron chi connectivity index (χ4n) is 3.34. The predicted octanol–water partition coefficient (Wildman–Crippen LogP) is 2.13. The third-order valence-corrected chi connectivity index (χ3v) is 4.92. The monoisotopic (exact) mass is 394 g/mol. The highest BCUT2D eigenvalue weighted by atomic mass is 16.5. The van der Waals surface area contributed by atoms with Gasteiger partial charge in [0.15, 0.2) is 5.76 Å². The number of rotatable bonds is 5. The van der Waals surface area contributed by atoms with Crippen molar-refractivity contribution in [3.8, 4) is 5.75 Å². The van der Waals surface area contributed by atoms with Crippen LogP contribution < -0.4 is 4.74 Å². The zero-order valence-corrected chi connectivity index (χ0v) is 16.2. The molecule has 0 aliphatic carbocycles. The van der Waals surface area contributed by atoms with Crippen LogP contribution in [-0.4, -0.2) is 64.7 Å². The lowest BCUT2D eigenvalue weighted by Crippen LogP contribution is -2.50. The molecule has 0 N–H and O–H groups in total. The Balaban J connectivity index is 1.35. The summed E-state index contributed by atoms with van der Waals surface area (Å²) in [5, 5.41) is 4.13. The first-order valence-electron chi connectivity index (χ1n) is 9.43.